The summed E-state index contributed by atoms with van der Waals surface area (Å²) in [6.45, 7) is 1.73. The summed E-state index contributed by atoms with van der Waals surface area (Å²) >= 11 is 6.00. The quantitative estimate of drug-likeness (QED) is 0.916. The predicted octanol–water partition coefficient (Wildman–Crippen LogP) is 3.60. The third-order valence-corrected chi connectivity index (χ3v) is 3.26. The SMILES string of the molecule is COc1ccc(Cl)cc1C(C)(O)c1ccccc1. The first kappa shape index (κ1) is 12.9. The van der Waals surface area contributed by atoms with Crippen molar-refractivity contribution in [3.8, 4) is 5.75 Å². The van der Waals surface area contributed by atoms with E-state index in [9.17, 15) is 5.11 Å². The summed E-state index contributed by atoms with van der Waals surface area (Å²) < 4.78 is 5.29. The van der Waals surface area contributed by atoms with Gasteiger partial charge in [-0.15, -0.1) is 0 Å². The minimum atomic E-state index is -1.14. The average molecular weight is 263 g/mol. The maximum atomic E-state index is 10.8. The summed E-state index contributed by atoms with van der Waals surface area (Å²) in [6.07, 6.45) is 0. The second-order valence-electron chi connectivity index (χ2n) is 4.28. The van der Waals surface area contributed by atoms with Crippen LogP contribution in [0.5, 0.6) is 5.75 Å². The second kappa shape index (κ2) is 5.01. The Morgan fingerprint density at radius 2 is 1.78 bits per heavy atom. The fourth-order valence-electron chi connectivity index (χ4n) is 1.98. The molecule has 0 aliphatic rings. The number of methoxy groups -OCH3 is 1. The molecule has 0 amide bonds. The van der Waals surface area contributed by atoms with Crippen LogP contribution in [-0.4, -0.2) is 12.2 Å². The lowest BCUT2D eigenvalue weighted by molar-refractivity contribution is 0.0990. The van der Waals surface area contributed by atoms with E-state index in [-0.39, 0.29) is 0 Å². The molecule has 0 saturated heterocycles. The van der Waals surface area contributed by atoms with E-state index < -0.39 is 5.60 Å². The molecule has 0 bridgehead atoms. The minimum absolute atomic E-state index is 0.571. The first-order valence-electron chi connectivity index (χ1n) is 5.67. The van der Waals surface area contributed by atoms with E-state index in [1.165, 1.54) is 0 Å². The fraction of sp³-hybridized carbons (Fsp3) is 0.200. The smallest absolute Gasteiger partial charge is 0.125 e. The lowest BCUT2D eigenvalue weighted by Gasteiger charge is -2.26. The fourth-order valence-corrected chi connectivity index (χ4v) is 2.15. The van der Waals surface area contributed by atoms with Gasteiger partial charge in [-0.05, 0) is 30.7 Å². The van der Waals surface area contributed by atoms with E-state index in [2.05, 4.69) is 0 Å². The molecule has 2 rings (SSSR count). The maximum absolute atomic E-state index is 10.8. The molecule has 1 atom stereocenters. The van der Waals surface area contributed by atoms with Gasteiger partial charge in [0, 0.05) is 10.6 Å². The third-order valence-electron chi connectivity index (χ3n) is 3.02. The molecule has 3 heteroatoms. The Labute approximate surface area is 112 Å². The molecule has 18 heavy (non-hydrogen) atoms. The number of hydrogen-bond donors (Lipinski definition) is 1. The summed E-state index contributed by atoms with van der Waals surface area (Å²) in [5.74, 6) is 0.619. The Morgan fingerprint density at radius 3 is 2.39 bits per heavy atom. The molecule has 2 aromatic carbocycles. The molecular weight excluding hydrogens is 248 g/mol. The van der Waals surface area contributed by atoms with Gasteiger partial charge < -0.3 is 9.84 Å². The number of benzene rings is 2. The van der Waals surface area contributed by atoms with Crippen molar-refractivity contribution in [1.82, 2.24) is 0 Å². The van der Waals surface area contributed by atoms with Crippen LogP contribution >= 0.6 is 11.6 Å². The van der Waals surface area contributed by atoms with Crippen LogP contribution in [0.1, 0.15) is 18.1 Å². The van der Waals surface area contributed by atoms with Gasteiger partial charge >= 0.3 is 0 Å². The van der Waals surface area contributed by atoms with Gasteiger partial charge in [0.15, 0.2) is 0 Å². The van der Waals surface area contributed by atoms with Crippen molar-refractivity contribution >= 4 is 11.6 Å². The highest BCUT2D eigenvalue weighted by Gasteiger charge is 2.29. The van der Waals surface area contributed by atoms with Crippen molar-refractivity contribution in [3.63, 3.8) is 0 Å². The molecule has 0 fully saturated rings. The average Bonchev–Trinajstić information content (AvgIpc) is 2.39. The molecule has 0 spiro atoms. The number of ether oxygens (including phenoxy) is 1. The molecule has 94 valence electrons. The highest BCUT2D eigenvalue weighted by molar-refractivity contribution is 6.30. The third kappa shape index (κ3) is 2.35. The minimum Gasteiger partial charge on any atom is -0.496 e. The lowest BCUT2D eigenvalue weighted by Crippen LogP contribution is -2.23. The van der Waals surface area contributed by atoms with E-state index in [4.69, 9.17) is 16.3 Å². The molecule has 0 saturated carbocycles. The van der Waals surface area contributed by atoms with Crippen LogP contribution in [0.4, 0.5) is 0 Å². The number of rotatable bonds is 3. The van der Waals surface area contributed by atoms with Crippen LogP contribution in [0.2, 0.25) is 5.02 Å². The standard InChI is InChI=1S/C15H15ClO2/c1-15(17,11-6-4-3-5-7-11)13-10-12(16)8-9-14(13)18-2/h3-10,17H,1-2H3. The van der Waals surface area contributed by atoms with Gasteiger partial charge in [0.1, 0.15) is 11.4 Å². The largest absolute Gasteiger partial charge is 0.496 e. The van der Waals surface area contributed by atoms with Crippen LogP contribution in [0.3, 0.4) is 0 Å². The van der Waals surface area contributed by atoms with Gasteiger partial charge in [-0.3, -0.25) is 0 Å². The van der Waals surface area contributed by atoms with Gasteiger partial charge in [-0.25, -0.2) is 0 Å². The van der Waals surface area contributed by atoms with E-state index in [0.717, 1.165) is 5.56 Å². The molecule has 2 nitrogen and oxygen atoms in total. The zero-order chi connectivity index (χ0) is 13.2. The Balaban J connectivity index is 2.56. The monoisotopic (exact) mass is 262 g/mol. The van der Waals surface area contributed by atoms with E-state index in [1.807, 2.05) is 30.3 Å². The Bertz CT molecular complexity index is 535. The summed E-state index contributed by atoms with van der Waals surface area (Å²) in [5, 5.41) is 11.3. The van der Waals surface area contributed by atoms with Crippen LogP contribution in [-0.2, 0) is 5.60 Å². The summed E-state index contributed by atoms with van der Waals surface area (Å²) in [5.41, 5.74) is 0.312. The molecule has 0 aliphatic carbocycles. The summed E-state index contributed by atoms with van der Waals surface area (Å²) in [6, 6.07) is 14.7. The highest BCUT2D eigenvalue weighted by Crippen LogP contribution is 2.36. The van der Waals surface area contributed by atoms with Gasteiger partial charge in [0.2, 0.25) is 0 Å². The topological polar surface area (TPSA) is 29.5 Å². The predicted molar refractivity (Wildman–Crippen MR) is 73.1 cm³/mol. The number of halogens is 1. The van der Waals surface area contributed by atoms with Crippen LogP contribution in [0, 0.1) is 0 Å². The highest BCUT2D eigenvalue weighted by atomic mass is 35.5. The first-order chi connectivity index (χ1) is 8.55. The Hall–Kier alpha value is -1.51. The molecule has 0 radical (unpaired) electrons. The van der Waals surface area contributed by atoms with Crippen molar-refractivity contribution < 1.29 is 9.84 Å². The molecular formula is C15H15ClO2. The summed E-state index contributed by atoms with van der Waals surface area (Å²) in [4.78, 5) is 0. The first-order valence-corrected chi connectivity index (χ1v) is 6.05. The molecule has 1 N–H and O–H groups in total. The van der Waals surface area contributed by atoms with Gasteiger partial charge in [0.05, 0.1) is 7.11 Å². The molecule has 1 unspecified atom stereocenters. The number of hydrogen-bond acceptors (Lipinski definition) is 2. The molecule has 0 aliphatic heterocycles. The van der Waals surface area contributed by atoms with E-state index >= 15 is 0 Å². The van der Waals surface area contributed by atoms with Crippen LogP contribution in [0.15, 0.2) is 48.5 Å². The van der Waals surface area contributed by atoms with E-state index in [1.54, 1.807) is 32.2 Å². The van der Waals surface area contributed by atoms with Gasteiger partial charge in [-0.1, -0.05) is 41.9 Å². The maximum Gasteiger partial charge on any atom is 0.125 e. The zero-order valence-corrected chi connectivity index (χ0v) is 11.1. The lowest BCUT2D eigenvalue weighted by atomic mass is 9.87. The second-order valence-corrected chi connectivity index (χ2v) is 4.72. The molecule has 2 aromatic rings. The Kier molecular flexibility index (Phi) is 3.60. The van der Waals surface area contributed by atoms with Crippen molar-refractivity contribution in [2.75, 3.05) is 7.11 Å². The summed E-state index contributed by atoms with van der Waals surface area (Å²) in [7, 11) is 1.58. The zero-order valence-electron chi connectivity index (χ0n) is 10.4. The Morgan fingerprint density at radius 1 is 1.11 bits per heavy atom. The molecule has 0 aromatic heterocycles. The van der Waals surface area contributed by atoms with E-state index in [0.29, 0.717) is 16.3 Å². The van der Waals surface area contributed by atoms with Crippen molar-refractivity contribution in [3.05, 3.63) is 64.7 Å². The number of aliphatic hydroxyl groups is 1. The van der Waals surface area contributed by atoms with Crippen LogP contribution < -0.4 is 4.74 Å². The van der Waals surface area contributed by atoms with Crippen molar-refractivity contribution in [1.29, 1.82) is 0 Å². The normalized spacial score (nSPS) is 14.0. The van der Waals surface area contributed by atoms with Crippen LogP contribution in [0.25, 0.3) is 0 Å². The van der Waals surface area contributed by atoms with Crippen molar-refractivity contribution in [2.45, 2.75) is 12.5 Å². The molecule has 0 heterocycles. The van der Waals surface area contributed by atoms with Gasteiger partial charge in [-0.2, -0.15) is 0 Å². The van der Waals surface area contributed by atoms with Gasteiger partial charge in [0.25, 0.3) is 0 Å². The van der Waals surface area contributed by atoms with Crippen molar-refractivity contribution in [2.24, 2.45) is 0 Å².